The van der Waals surface area contributed by atoms with Crippen LogP contribution in [0.1, 0.15) is 36.9 Å². The van der Waals surface area contributed by atoms with Crippen LogP contribution in [0.2, 0.25) is 0 Å². The van der Waals surface area contributed by atoms with Gasteiger partial charge in [0.2, 0.25) is 0 Å². The van der Waals surface area contributed by atoms with Crippen LogP contribution in [0, 0.1) is 12.7 Å². The molecule has 0 amide bonds. The Labute approximate surface area is 143 Å². The van der Waals surface area contributed by atoms with Gasteiger partial charge in [-0.15, -0.1) is 0 Å². The van der Waals surface area contributed by atoms with E-state index in [-0.39, 0.29) is 17.5 Å². The van der Waals surface area contributed by atoms with Crippen molar-refractivity contribution in [2.45, 2.75) is 38.3 Å². The number of rotatable bonds is 5. The molecule has 0 saturated carbocycles. The summed E-state index contributed by atoms with van der Waals surface area (Å²) in [7, 11) is 3.46. The van der Waals surface area contributed by atoms with Gasteiger partial charge in [-0.3, -0.25) is 4.99 Å². The molecule has 1 heterocycles. The molecule has 0 aliphatic carbocycles. The SMILES string of the molecule is CN=C(NCC1(OC)CCOCC1)NC(C)c1ccc(C)c(F)c1. The maximum absolute atomic E-state index is 13.7. The zero-order valence-corrected chi connectivity index (χ0v) is 15.0. The predicted molar refractivity (Wildman–Crippen MR) is 93.8 cm³/mol. The Morgan fingerprint density at radius 3 is 2.71 bits per heavy atom. The van der Waals surface area contributed by atoms with Crippen LogP contribution >= 0.6 is 0 Å². The van der Waals surface area contributed by atoms with Crippen LogP contribution in [0.15, 0.2) is 23.2 Å². The van der Waals surface area contributed by atoms with Gasteiger partial charge in [0.15, 0.2) is 5.96 Å². The Hall–Kier alpha value is -1.66. The number of guanidine groups is 1. The second kappa shape index (κ2) is 8.44. The topological polar surface area (TPSA) is 54.9 Å². The van der Waals surface area contributed by atoms with E-state index in [0.717, 1.165) is 18.4 Å². The zero-order valence-electron chi connectivity index (χ0n) is 15.0. The maximum Gasteiger partial charge on any atom is 0.191 e. The van der Waals surface area contributed by atoms with Crippen LogP contribution in [0.5, 0.6) is 0 Å². The Balaban J connectivity index is 1.95. The molecule has 1 saturated heterocycles. The van der Waals surface area contributed by atoms with E-state index in [9.17, 15) is 4.39 Å². The highest BCUT2D eigenvalue weighted by atomic mass is 19.1. The summed E-state index contributed by atoms with van der Waals surface area (Å²) in [6, 6.07) is 5.23. The Kier molecular flexibility index (Phi) is 6.57. The van der Waals surface area contributed by atoms with E-state index in [4.69, 9.17) is 9.47 Å². The van der Waals surface area contributed by atoms with Crippen LogP contribution in [0.25, 0.3) is 0 Å². The number of aliphatic imine (C=N–C) groups is 1. The normalized spacial score (nSPS) is 19.0. The minimum atomic E-state index is -0.227. The Bertz CT molecular complexity index is 571. The van der Waals surface area contributed by atoms with Gasteiger partial charge in [0.25, 0.3) is 0 Å². The molecule has 1 unspecified atom stereocenters. The average molecular weight is 337 g/mol. The monoisotopic (exact) mass is 337 g/mol. The van der Waals surface area contributed by atoms with Crippen molar-refractivity contribution < 1.29 is 13.9 Å². The second-order valence-corrected chi connectivity index (χ2v) is 6.30. The summed E-state index contributed by atoms with van der Waals surface area (Å²) in [4.78, 5) is 4.26. The first-order chi connectivity index (χ1) is 11.5. The van der Waals surface area contributed by atoms with E-state index in [1.54, 1.807) is 33.2 Å². The van der Waals surface area contributed by atoms with Gasteiger partial charge in [-0.05, 0) is 31.0 Å². The molecular weight excluding hydrogens is 309 g/mol. The molecule has 0 bridgehead atoms. The molecular formula is C18H28FN3O2. The largest absolute Gasteiger partial charge is 0.381 e. The number of benzene rings is 1. The molecule has 6 heteroatoms. The number of aryl methyl sites for hydroxylation is 1. The fraction of sp³-hybridized carbons (Fsp3) is 0.611. The van der Waals surface area contributed by atoms with E-state index in [1.807, 2.05) is 13.0 Å². The molecule has 5 nitrogen and oxygen atoms in total. The lowest BCUT2D eigenvalue weighted by Crippen LogP contribution is -2.51. The van der Waals surface area contributed by atoms with Crippen LogP contribution in [-0.2, 0) is 9.47 Å². The minimum Gasteiger partial charge on any atom is -0.381 e. The molecule has 1 aliphatic rings. The van der Waals surface area contributed by atoms with E-state index in [0.29, 0.717) is 31.3 Å². The highest BCUT2D eigenvalue weighted by Crippen LogP contribution is 2.23. The van der Waals surface area contributed by atoms with Crippen LogP contribution in [-0.4, -0.2) is 45.5 Å². The van der Waals surface area contributed by atoms with Gasteiger partial charge in [-0.1, -0.05) is 12.1 Å². The first-order valence-corrected chi connectivity index (χ1v) is 8.36. The summed E-state index contributed by atoms with van der Waals surface area (Å²) in [5.41, 5.74) is 1.30. The third-order valence-corrected chi connectivity index (χ3v) is 4.69. The molecule has 1 atom stereocenters. The van der Waals surface area contributed by atoms with Crippen molar-refractivity contribution in [1.29, 1.82) is 0 Å². The number of hydrogen-bond acceptors (Lipinski definition) is 3. The lowest BCUT2D eigenvalue weighted by Gasteiger charge is -2.36. The van der Waals surface area contributed by atoms with Gasteiger partial charge in [0, 0.05) is 46.8 Å². The molecule has 1 aromatic rings. The Morgan fingerprint density at radius 1 is 1.42 bits per heavy atom. The number of nitrogens with one attached hydrogen (secondary N) is 2. The number of nitrogens with zero attached hydrogens (tertiary/aromatic N) is 1. The molecule has 1 fully saturated rings. The van der Waals surface area contributed by atoms with Gasteiger partial charge < -0.3 is 20.1 Å². The predicted octanol–water partition coefficient (Wildman–Crippen LogP) is 2.56. The highest BCUT2D eigenvalue weighted by molar-refractivity contribution is 5.80. The summed E-state index contributed by atoms with van der Waals surface area (Å²) >= 11 is 0. The first-order valence-electron chi connectivity index (χ1n) is 8.36. The van der Waals surface area contributed by atoms with Gasteiger partial charge >= 0.3 is 0 Å². The van der Waals surface area contributed by atoms with Crippen LogP contribution in [0.4, 0.5) is 4.39 Å². The molecule has 2 N–H and O–H groups in total. The molecule has 1 aromatic carbocycles. The third-order valence-electron chi connectivity index (χ3n) is 4.69. The van der Waals surface area contributed by atoms with Crippen LogP contribution in [0.3, 0.4) is 0 Å². The Morgan fingerprint density at radius 2 is 2.12 bits per heavy atom. The first kappa shape index (κ1) is 18.7. The van der Waals surface area contributed by atoms with E-state index >= 15 is 0 Å². The summed E-state index contributed by atoms with van der Waals surface area (Å²) < 4.78 is 24.9. The molecule has 0 aromatic heterocycles. The summed E-state index contributed by atoms with van der Waals surface area (Å²) in [5.74, 6) is 0.482. The summed E-state index contributed by atoms with van der Waals surface area (Å²) in [5, 5.41) is 6.62. The van der Waals surface area contributed by atoms with E-state index in [2.05, 4.69) is 15.6 Å². The second-order valence-electron chi connectivity index (χ2n) is 6.30. The lowest BCUT2D eigenvalue weighted by atomic mass is 9.94. The van der Waals surface area contributed by atoms with Crippen molar-refractivity contribution in [3.63, 3.8) is 0 Å². The summed E-state index contributed by atoms with van der Waals surface area (Å²) in [6.45, 7) is 5.82. The van der Waals surface area contributed by atoms with Crippen molar-refractivity contribution in [2.24, 2.45) is 4.99 Å². The van der Waals surface area contributed by atoms with Crippen molar-refractivity contribution in [1.82, 2.24) is 10.6 Å². The van der Waals surface area contributed by atoms with Crippen molar-refractivity contribution in [3.05, 3.63) is 35.1 Å². The average Bonchev–Trinajstić information content (AvgIpc) is 2.61. The number of ether oxygens (including phenoxy) is 2. The number of methoxy groups -OCH3 is 1. The van der Waals surface area contributed by atoms with E-state index in [1.165, 1.54) is 0 Å². The number of hydrogen-bond donors (Lipinski definition) is 2. The fourth-order valence-electron chi connectivity index (χ4n) is 2.80. The minimum absolute atomic E-state index is 0.0560. The maximum atomic E-state index is 13.7. The molecule has 2 rings (SSSR count). The van der Waals surface area contributed by atoms with Gasteiger partial charge in [-0.2, -0.15) is 0 Å². The van der Waals surface area contributed by atoms with Crippen LogP contribution < -0.4 is 10.6 Å². The fourth-order valence-corrected chi connectivity index (χ4v) is 2.80. The number of halogens is 1. The summed E-state index contributed by atoms with van der Waals surface area (Å²) in [6.07, 6.45) is 1.71. The van der Waals surface area contributed by atoms with E-state index < -0.39 is 0 Å². The standard InChI is InChI=1S/C18H28FN3O2/c1-13-5-6-15(11-16(13)19)14(2)22-17(20-3)21-12-18(23-4)7-9-24-10-8-18/h5-6,11,14H,7-10,12H2,1-4H3,(H2,20,21,22). The van der Waals surface area contributed by atoms with Gasteiger partial charge in [-0.25, -0.2) is 4.39 Å². The molecule has 1 aliphatic heterocycles. The highest BCUT2D eigenvalue weighted by Gasteiger charge is 2.32. The lowest BCUT2D eigenvalue weighted by molar-refractivity contribution is -0.0855. The molecule has 24 heavy (non-hydrogen) atoms. The van der Waals surface area contributed by atoms with Gasteiger partial charge in [0.05, 0.1) is 11.6 Å². The zero-order chi connectivity index (χ0) is 17.6. The molecule has 0 spiro atoms. The molecule has 0 radical (unpaired) electrons. The third kappa shape index (κ3) is 4.68. The van der Waals surface area contributed by atoms with Crippen molar-refractivity contribution in [2.75, 3.05) is 33.9 Å². The van der Waals surface area contributed by atoms with Gasteiger partial charge in [0.1, 0.15) is 5.82 Å². The smallest absolute Gasteiger partial charge is 0.191 e. The van der Waals surface area contributed by atoms with Crippen molar-refractivity contribution in [3.8, 4) is 0 Å². The molecule has 134 valence electrons. The quantitative estimate of drug-likeness (QED) is 0.640. The van der Waals surface area contributed by atoms with Crippen molar-refractivity contribution >= 4 is 5.96 Å².